The SMILES string of the molecule is O=Cc1ccccc1[O-].O=[N+]([O-])[O-].[Cu+2].c1ccc(-c2ccccn2)nc1. The molecule has 0 fully saturated rings. The molecule has 0 aliphatic carbocycles. The van der Waals surface area contributed by atoms with Crippen LogP contribution < -0.4 is 5.11 Å². The van der Waals surface area contributed by atoms with E-state index in [1.165, 1.54) is 12.1 Å². The van der Waals surface area contributed by atoms with Crippen LogP contribution in [0, 0.1) is 15.3 Å². The molecule has 8 nitrogen and oxygen atoms in total. The molecule has 0 unspecified atom stereocenters. The van der Waals surface area contributed by atoms with Gasteiger partial charge < -0.3 is 20.4 Å². The van der Waals surface area contributed by atoms with E-state index < -0.39 is 5.09 Å². The summed E-state index contributed by atoms with van der Waals surface area (Å²) in [6.45, 7) is 0. The summed E-state index contributed by atoms with van der Waals surface area (Å²) in [4.78, 5) is 26.7. The average Bonchev–Trinajstić information content (AvgIpc) is 2.64. The van der Waals surface area contributed by atoms with E-state index >= 15 is 0 Å². The first-order chi connectivity index (χ1) is 12.0. The minimum Gasteiger partial charge on any atom is -0.872 e. The second-order valence-electron chi connectivity index (χ2n) is 4.31. The van der Waals surface area contributed by atoms with Gasteiger partial charge in [-0.05, 0) is 24.3 Å². The first kappa shape index (κ1) is 22.7. The molecule has 0 aliphatic heterocycles. The Morgan fingerprint density at radius 2 is 1.23 bits per heavy atom. The topological polar surface area (TPSA) is 132 Å². The van der Waals surface area contributed by atoms with E-state index in [2.05, 4.69) is 9.97 Å². The van der Waals surface area contributed by atoms with Gasteiger partial charge in [0.25, 0.3) is 0 Å². The summed E-state index contributed by atoms with van der Waals surface area (Å²) in [5.74, 6) is -0.215. The van der Waals surface area contributed by atoms with Gasteiger partial charge in [0.2, 0.25) is 0 Å². The number of hydrogen-bond donors (Lipinski definition) is 0. The van der Waals surface area contributed by atoms with Crippen molar-refractivity contribution in [1.29, 1.82) is 0 Å². The van der Waals surface area contributed by atoms with E-state index in [4.69, 9.17) is 15.3 Å². The number of benzene rings is 1. The third-order valence-corrected chi connectivity index (χ3v) is 2.64. The fraction of sp³-hybridized carbons (Fsp3) is 0. The predicted molar refractivity (Wildman–Crippen MR) is 89.1 cm³/mol. The molecule has 137 valence electrons. The summed E-state index contributed by atoms with van der Waals surface area (Å²) in [6.07, 6.45) is 4.09. The van der Waals surface area contributed by atoms with E-state index in [9.17, 15) is 9.90 Å². The van der Waals surface area contributed by atoms with Gasteiger partial charge in [0.05, 0.1) is 16.5 Å². The number of para-hydroxylation sites is 1. The van der Waals surface area contributed by atoms with Gasteiger partial charge in [-0.3, -0.25) is 14.8 Å². The smallest absolute Gasteiger partial charge is 0.872 e. The van der Waals surface area contributed by atoms with Gasteiger partial charge in [0.1, 0.15) is 6.29 Å². The second-order valence-corrected chi connectivity index (χ2v) is 4.31. The molecule has 0 atom stereocenters. The maximum absolute atomic E-state index is 10.6. The summed E-state index contributed by atoms with van der Waals surface area (Å²) in [6, 6.07) is 17.7. The maximum atomic E-state index is 10.6. The number of aldehydes is 1. The van der Waals surface area contributed by atoms with Crippen LogP contribution in [0.2, 0.25) is 0 Å². The zero-order valence-electron chi connectivity index (χ0n) is 13.2. The van der Waals surface area contributed by atoms with Crippen molar-refractivity contribution in [1.82, 2.24) is 9.97 Å². The fourth-order valence-corrected chi connectivity index (χ4v) is 1.61. The van der Waals surface area contributed by atoms with Crippen LogP contribution in [0.4, 0.5) is 0 Å². The first-order valence-corrected chi connectivity index (χ1v) is 6.89. The largest absolute Gasteiger partial charge is 2.00 e. The predicted octanol–water partition coefficient (Wildman–Crippen LogP) is 2.47. The number of carbonyl (C=O) groups is 1. The van der Waals surface area contributed by atoms with Crippen LogP contribution in [0.5, 0.6) is 5.75 Å². The van der Waals surface area contributed by atoms with Gasteiger partial charge in [-0.2, -0.15) is 0 Å². The monoisotopic (exact) mass is 402 g/mol. The zero-order chi connectivity index (χ0) is 18.5. The molecule has 2 heterocycles. The Balaban J connectivity index is 0.000000399. The molecule has 26 heavy (non-hydrogen) atoms. The fourth-order valence-electron chi connectivity index (χ4n) is 1.61. The Labute approximate surface area is 159 Å². The number of nitrogens with zero attached hydrogens (tertiary/aromatic N) is 3. The second kappa shape index (κ2) is 13.1. The molecular weight excluding hydrogens is 390 g/mol. The summed E-state index contributed by atoms with van der Waals surface area (Å²) in [5.41, 5.74) is 2.05. The van der Waals surface area contributed by atoms with E-state index in [0.29, 0.717) is 6.29 Å². The molecule has 9 heteroatoms. The van der Waals surface area contributed by atoms with Crippen LogP contribution in [0.3, 0.4) is 0 Å². The molecule has 0 aliphatic rings. The van der Waals surface area contributed by atoms with Crippen molar-refractivity contribution in [2.45, 2.75) is 0 Å². The van der Waals surface area contributed by atoms with E-state index in [1.807, 2.05) is 36.4 Å². The normalized spacial score (nSPS) is 8.46. The quantitative estimate of drug-likeness (QED) is 0.278. The summed E-state index contributed by atoms with van der Waals surface area (Å²) in [7, 11) is 0. The van der Waals surface area contributed by atoms with Crippen molar-refractivity contribution in [2.24, 2.45) is 0 Å². The van der Waals surface area contributed by atoms with Crippen molar-refractivity contribution in [3.8, 4) is 17.1 Å². The van der Waals surface area contributed by atoms with Crippen LogP contribution in [0.15, 0.2) is 73.1 Å². The van der Waals surface area contributed by atoms with Crippen LogP contribution in [0.25, 0.3) is 11.4 Å². The molecule has 0 saturated heterocycles. The van der Waals surface area contributed by atoms with Crippen molar-refractivity contribution in [2.75, 3.05) is 0 Å². The molecule has 1 radical (unpaired) electrons. The summed E-state index contributed by atoms with van der Waals surface area (Å²) >= 11 is 0. The third kappa shape index (κ3) is 9.11. The third-order valence-electron chi connectivity index (χ3n) is 2.64. The first-order valence-electron chi connectivity index (χ1n) is 6.89. The molecule has 0 amide bonds. The molecule has 0 spiro atoms. The molecule has 2 aromatic heterocycles. The molecule has 3 rings (SSSR count). The maximum Gasteiger partial charge on any atom is 2.00 e. The van der Waals surface area contributed by atoms with Crippen molar-refractivity contribution in [3.05, 3.63) is 93.9 Å². The number of carbonyl (C=O) groups excluding carboxylic acids is 1. The minimum atomic E-state index is -1.75. The van der Waals surface area contributed by atoms with Crippen molar-refractivity contribution < 1.29 is 32.1 Å². The Bertz CT molecular complexity index is 747. The van der Waals surface area contributed by atoms with E-state index in [-0.39, 0.29) is 28.4 Å². The van der Waals surface area contributed by atoms with Gasteiger partial charge in [-0.25, -0.2) is 0 Å². The van der Waals surface area contributed by atoms with Crippen LogP contribution in [-0.2, 0) is 17.1 Å². The minimum absolute atomic E-state index is 0. The zero-order valence-corrected chi connectivity index (χ0v) is 14.1. The van der Waals surface area contributed by atoms with Gasteiger partial charge in [0, 0.05) is 18.0 Å². The van der Waals surface area contributed by atoms with Gasteiger partial charge in [-0.15, -0.1) is 0 Å². The molecule has 0 bridgehead atoms. The Kier molecular flexibility index (Phi) is 11.4. The van der Waals surface area contributed by atoms with Crippen molar-refractivity contribution in [3.63, 3.8) is 0 Å². The molecule has 1 aromatic carbocycles. The summed E-state index contributed by atoms with van der Waals surface area (Å²) < 4.78 is 0. The summed E-state index contributed by atoms with van der Waals surface area (Å²) in [5, 5.41) is 25.4. The Morgan fingerprint density at radius 1 is 0.808 bits per heavy atom. The van der Waals surface area contributed by atoms with Gasteiger partial charge >= 0.3 is 17.1 Å². The molecule has 0 N–H and O–H groups in total. The molecule has 3 aromatic rings. The van der Waals surface area contributed by atoms with Crippen LogP contribution in [0.1, 0.15) is 10.4 Å². The van der Waals surface area contributed by atoms with Gasteiger partial charge in [0.15, 0.2) is 0 Å². The Morgan fingerprint density at radius 3 is 1.54 bits per heavy atom. The average molecular weight is 403 g/mol. The van der Waals surface area contributed by atoms with Crippen LogP contribution in [-0.4, -0.2) is 21.3 Å². The molecular formula is C17H13CuN3O5. The van der Waals surface area contributed by atoms with Crippen molar-refractivity contribution >= 4 is 6.29 Å². The number of pyridine rings is 2. The van der Waals surface area contributed by atoms with Crippen LogP contribution >= 0.6 is 0 Å². The number of hydrogen-bond acceptors (Lipinski definition) is 7. The Hall–Kier alpha value is -3.29. The van der Waals surface area contributed by atoms with Gasteiger partial charge in [-0.1, -0.05) is 42.1 Å². The number of aromatic nitrogens is 2. The van der Waals surface area contributed by atoms with E-state index in [0.717, 1.165) is 11.4 Å². The van der Waals surface area contributed by atoms with E-state index in [1.54, 1.807) is 24.5 Å². The standard InChI is InChI=1S/C10H8N2.C7H6O2.Cu.NO3/c1-3-7-11-9(5-1)10-6-2-4-8-12-10;8-5-6-3-1-2-4-7(6)9;;2-1(3)4/h1-8H;1-5,9H;;/q;;+2;-1/p-1. The molecule has 0 saturated carbocycles. The number of rotatable bonds is 2.